The van der Waals surface area contributed by atoms with E-state index in [1.54, 1.807) is 19.9 Å². The fraction of sp³-hybridized carbons (Fsp3) is 0.333. The third-order valence-electron chi connectivity index (χ3n) is 1.54. The number of hydrogen-bond donors (Lipinski definition) is 0. The van der Waals surface area contributed by atoms with Gasteiger partial charge in [0.05, 0.1) is 15.8 Å². The van der Waals surface area contributed by atoms with Crippen LogP contribution in [0.4, 0.5) is 0 Å². The molecule has 0 aliphatic carbocycles. The van der Waals surface area contributed by atoms with Crippen molar-refractivity contribution in [3.63, 3.8) is 0 Å². The summed E-state index contributed by atoms with van der Waals surface area (Å²) in [5.41, 5.74) is 0.796. The van der Waals surface area contributed by atoms with Gasteiger partial charge in [-0.2, -0.15) is 0 Å². The van der Waals surface area contributed by atoms with E-state index in [0.717, 1.165) is 16.9 Å². The maximum absolute atomic E-state index is 11.4. The molecule has 5 heteroatoms. The van der Waals surface area contributed by atoms with Crippen molar-refractivity contribution in [1.29, 1.82) is 0 Å². The molecule has 0 aromatic carbocycles. The second-order valence-corrected chi connectivity index (χ2v) is 4.27. The summed E-state index contributed by atoms with van der Waals surface area (Å²) in [6, 6.07) is 1.59. The summed E-state index contributed by atoms with van der Waals surface area (Å²) in [6.45, 7) is 3.63. The molecule has 0 amide bonds. The lowest BCUT2D eigenvalue weighted by Crippen LogP contribution is -2.16. The number of esters is 1. The minimum atomic E-state index is -0.828. The van der Waals surface area contributed by atoms with E-state index in [-0.39, 0.29) is 6.61 Å². The number of aryl methyl sites for hydroxylation is 1. The molecule has 0 N–H and O–H groups in total. The van der Waals surface area contributed by atoms with E-state index in [1.807, 2.05) is 0 Å². The first-order valence-corrected chi connectivity index (χ1v) is 5.23. The molecule has 0 unspecified atom stereocenters. The van der Waals surface area contributed by atoms with Gasteiger partial charge in [-0.1, -0.05) is 11.6 Å². The van der Waals surface area contributed by atoms with Crippen LogP contribution in [0.3, 0.4) is 0 Å². The Morgan fingerprint density at radius 3 is 2.64 bits per heavy atom. The zero-order valence-corrected chi connectivity index (χ0v) is 9.37. The monoisotopic (exact) mass is 232 g/mol. The molecule has 0 bridgehead atoms. The van der Waals surface area contributed by atoms with E-state index in [0.29, 0.717) is 9.21 Å². The number of thiophene rings is 1. The molecular formula is C9H9ClO3S. The van der Waals surface area contributed by atoms with E-state index < -0.39 is 11.8 Å². The molecule has 0 atom stereocenters. The van der Waals surface area contributed by atoms with Crippen molar-refractivity contribution >= 4 is 34.7 Å². The molecule has 14 heavy (non-hydrogen) atoms. The summed E-state index contributed by atoms with van der Waals surface area (Å²) >= 11 is 6.86. The normalized spacial score (nSPS) is 9.93. The Kier molecular flexibility index (Phi) is 3.66. The van der Waals surface area contributed by atoms with Crippen LogP contribution in [0.1, 0.15) is 22.2 Å². The number of carbonyl (C=O) groups is 2. The Morgan fingerprint density at radius 2 is 2.21 bits per heavy atom. The maximum Gasteiger partial charge on any atom is 0.380 e. The van der Waals surface area contributed by atoms with Gasteiger partial charge in [0.25, 0.3) is 5.78 Å². The van der Waals surface area contributed by atoms with Gasteiger partial charge in [-0.15, -0.1) is 11.3 Å². The summed E-state index contributed by atoms with van der Waals surface area (Å²) < 4.78 is 5.11. The van der Waals surface area contributed by atoms with Gasteiger partial charge in [0, 0.05) is 0 Å². The molecule has 76 valence electrons. The molecule has 0 spiro atoms. The summed E-state index contributed by atoms with van der Waals surface area (Å²) in [5.74, 6) is -1.46. The van der Waals surface area contributed by atoms with Gasteiger partial charge in [0.2, 0.25) is 0 Å². The first kappa shape index (κ1) is 11.2. The Morgan fingerprint density at radius 1 is 1.57 bits per heavy atom. The number of ketones is 1. The first-order chi connectivity index (χ1) is 6.56. The summed E-state index contributed by atoms with van der Waals surface area (Å²) in [5, 5.41) is 0. The minimum Gasteiger partial charge on any atom is -0.460 e. The SMILES string of the molecule is CCOC(=O)C(=O)c1cc(C)c(Cl)s1. The van der Waals surface area contributed by atoms with Crippen molar-refractivity contribution in [3.05, 3.63) is 20.8 Å². The lowest BCUT2D eigenvalue weighted by Gasteiger charge is -1.96. The topological polar surface area (TPSA) is 43.4 Å². The fourth-order valence-electron chi connectivity index (χ4n) is 0.869. The largest absolute Gasteiger partial charge is 0.460 e. The molecule has 1 aromatic heterocycles. The quantitative estimate of drug-likeness (QED) is 0.457. The van der Waals surface area contributed by atoms with Gasteiger partial charge >= 0.3 is 5.97 Å². The van der Waals surface area contributed by atoms with Crippen LogP contribution in [0.2, 0.25) is 4.34 Å². The van der Waals surface area contributed by atoms with E-state index in [2.05, 4.69) is 4.74 Å². The highest BCUT2D eigenvalue weighted by Crippen LogP contribution is 2.27. The van der Waals surface area contributed by atoms with Gasteiger partial charge in [0.1, 0.15) is 0 Å². The predicted octanol–water partition coefficient (Wildman–Crippen LogP) is 2.46. The molecule has 0 aliphatic rings. The Balaban J connectivity index is 2.84. The zero-order valence-electron chi connectivity index (χ0n) is 7.80. The average molecular weight is 233 g/mol. The lowest BCUT2D eigenvalue weighted by atomic mass is 10.3. The predicted molar refractivity (Wildman–Crippen MR) is 55.0 cm³/mol. The molecular weight excluding hydrogens is 224 g/mol. The standard InChI is InChI=1S/C9H9ClO3S/c1-3-13-9(12)7(11)6-4-5(2)8(10)14-6/h4H,3H2,1-2H3. The molecule has 1 heterocycles. The third-order valence-corrected chi connectivity index (χ3v) is 3.10. The molecule has 1 rings (SSSR count). The number of ether oxygens (including phenoxy) is 1. The Labute approximate surface area is 90.6 Å². The van der Waals surface area contributed by atoms with Gasteiger partial charge in [-0.05, 0) is 25.5 Å². The number of Topliss-reactive ketones (excluding diaryl/α,β-unsaturated/α-hetero) is 1. The van der Waals surface area contributed by atoms with Crippen LogP contribution >= 0.6 is 22.9 Å². The van der Waals surface area contributed by atoms with Crippen molar-refractivity contribution in [3.8, 4) is 0 Å². The van der Waals surface area contributed by atoms with Crippen molar-refractivity contribution in [2.75, 3.05) is 6.61 Å². The van der Waals surface area contributed by atoms with Gasteiger partial charge in [0.15, 0.2) is 0 Å². The van der Waals surface area contributed by atoms with Gasteiger partial charge < -0.3 is 4.74 Å². The second-order valence-electron chi connectivity index (χ2n) is 2.62. The van der Waals surface area contributed by atoms with E-state index in [4.69, 9.17) is 11.6 Å². The van der Waals surface area contributed by atoms with E-state index >= 15 is 0 Å². The molecule has 0 saturated carbocycles. The van der Waals surface area contributed by atoms with Crippen molar-refractivity contribution in [1.82, 2.24) is 0 Å². The molecule has 0 aliphatic heterocycles. The van der Waals surface area contributed by atoms with Gasteiger partial charge in [-0.3, -0.25) is 4.79 Å². The van der Waals surface area contributed by atoms with Crippen LogP contribution in [0.15, 0.2) is 6.07 Å². The summed E-state index contributed by atoms with van der Waals surface area (Å²) in [6.07, 6.45) is 0. The molecule has 3 nitrogen and oxygen atoms in total. The van der Waals surface area contributed by atoms with Crippen LogP contribution in [0, 0.1) is 6.92 Å². The number of rotatable bonds is 3. The van der Waals surface area contributed by atoms with Crippen LogP contribution in [-0.4, -0.2) is 18.4 Å². The zero-order chi connectivity index (χ0) is 10.7. The summed E-state index contributed by atoms with van der Waals surface area (Å²) in [4.78, 5) is 22.8. The molecule has 0 saturated heterocycles. The van der Waals surface area contributed by atoms with Gasteiger partial charge in [-0.25, -0.2) is 4.79 Å². The highest BCUT2D eigenvalue weighted by atomic mass is 35.5. The third kappa shape index (κ3) is 2.33. The molecule has 0 radical (unpaired) electrons. The Bertz CT molecular complexity index is 351. The highest BCUT2D eigenvalue weighted by Gasteiger charge is 2.20. The van der Waals surface area contributed by atoms with Crippen LogP contribution < -0.4 is 0 Å². The second kappa shape index (κ2) is 4.57. The average Bonchev–Trinajstić information content (AvgIpc) is 2.46. The first-order valence-electron chi connectivity index (χ1n) is 4.03. The number of hydrogen-bond acceptors (Lipinski definition) is 4. The van der Waals surface area contributed by atoms with Crippen molar-refractivity contribution in [2.45, 2.75) is 13.8 Å². The van der Waals surface area contributed by atoms with E-state index in [9.17, 15) is 9.59 Å². The van der Waals surface area contributed by atoms with Crippen LogP contribution in [-0.2, 0) is 9.53 Å². The fourth-order valence-corrected chi connectivity index (χ4v) is 2.00. The highest BCUT2D eigenvalue weighted by molar-refractivity contribution is 7.18. The van der Waals surface area contributed by atoms with Crippen LogP contribution in [0.5, 0.6) is 0 Å². The van der Waals surface area contributed by atoms with E-state index in [1.165, 1.54) is 0 Å². The Hall–Kier alpha value is -0.870. The van der Waals surface area contributed by atoms with Crippen molar-refractivity contribution < 1.29 is 14.3 Å². The summed E-state index contributed by atoms with van der Waals surface area (Å²) in [7, 11) is 0. The number of halogens is 1. The maximum atomic E-state index is 11.4. The minimum absolute atomic E-state index is 0.197. The van der Waals surface area contributed by atoms with Crippen molar-refractivity contribution in [2.24, 2.45) is 0 Å². The number of carbonyl (C=O) groups excluding carboxylic acids is 2. The van der Waals surface area contributed by atoms with Crippen LogP contribution in [0.25, 0.3) is 0 Å². The molecule has 1 aromatic rings. The molecule has 0 fully saturated rings. The smallest absolute Gasteiger partial charge is 0.380 e. The lowest BCUT2D eigenvalue weighted by molar-refractivity contribution is -0.137.